The first-order valence-electron chi connectivity index (χ1n) is 13.7. The number of ether oxygens (including phenoxy) is 2. The molecule has 1 aliphatic heterocycles. The normalized spacial score (nSPS) is 14.8. The third kappa shape index (κ3) is 6.83. The standard InChI is InChI=1S/C31H28ClN7O3/c32-26-18-24(8-7-22(26)15-21-11-12-39-28(16-21)34-20-36-39)38-31-25-17-23(9-10-27(25)33-19-35-31)37-29(40)5-1-3-13-41-30-6-2-4-14-42-30/h7-12,16-20,30H,2-4,6,13-15H2,(H,37,40)(H,33,35,38). The zero-order chi connectivity index (χ0) is 28.7. The third-order valence-electron chi connectivity index (χ3n) is 6.82. The molecule has 1 atom stereocenters. The maximum absolute atomic E-state index is 12.4. The number of hydrogen-bond acceptors (Lipinski definition) is 8. The van der Waals surface area contributed by atoms with Crippen molar-refractivity contribution in [3.8, 4) is 11.8 Å². The van der Waals surface area contributed by atoms with Gasteiger partial charge in [0.15, 0.2) is 11.9 Å². The molecule has 1 aliphatic rings. The minimum absolute atomic E-state index is 0.160. The van der Waals surface area contributed by atoms with Crippen molar-refractivity contribution >= 4 is 51.3 Å². The van der Waals surface area contributed by atoms with Crippen LogP contribution in [0.4, 0.5) is 17.2 Å². The van der Waals surface area contributed by atoms with Crippen LogP contribution in [0.2, 0.25) is 5.02 Å². The Morgan fingerprint density at radius 2 is 2.00 bits per heavy atom. The number of aromatic nitrogens is 5. The van der Waals surface area contributed by atoms with Crippen LogP contribution in [0.5, 0.6) is 0 Å². The third-order valence-corrected chi connectivity index (χ3v) is 7.17. The van der Waals surface area contributed by atoms with E-state index in [2.05, 4.69) is 42.5 Å². The van der Waals surface area contributed by atoms with Gasteiger partial charge in [-0.15, -0.1) is 0 Å². The van der Waals surface area contributed by atoms with E-state index >= 15 is 0 Å². The zero-order valence-electron chi connectivity index (χ0n) is 22.7. The van der Waals surface area contributed by atoms with Crippen molar-refractivity contribution in [2.24, 2.45) is 0 Å². The number of carbonyl (C=O) groups is 1. The van der Waals surface area contributed by atoms with Gasteiger partial charge in [0, 0.05) is 41.0 Å². The highest BCUT2D eigenvalue weighted by atomic mass is 35.5. The number of carbonyl (C=O) groups excluding carboxylic acids is 1. The van der Waals surface area contributed by atoms with Crippen molar-refractivity contribution < 1.29 is 14.3 Å². The molecule has 11 heteroatoms. The van der Waals surface area contributed by atoms with E-state index in [1.165, 1.54) is 12.7 Å². The Hall–Kier alpha value is -4.56. The molecule has 0 radical (unpaired) electrons. The number of nitrogens with zero attached hydrogens (tertiary/aromatic N) is 5. The van der Waals surface area contributed by atoms with Crippen LogP contribution >= 0.6 is 11.6 Å². The highest BCUT2D eigenvalue weighted by Gasteiger charge is 2.13. The molecule has 1 amide bonds. The number of fused-ring (bicyclic) bond motifs is 2. The lowest BCUT2D eigenvalue weighted by Gasteiger charge is -2.22. The molecule has 6 rings (SSSR count). The van der Waals surface area contributed by atoms with E-state index in [9.17, 15) is 4.79 Å². The number of halogens is 1. The quantitative estimate of drug-likeness (QED) is 0.181. The van der Waals surface area contributed by atoms with Crippen molar-refractivity contribution in [1.82, 2.24) is 24.6 Å². The number of hydrogen-bond donors (Lipinski definition) is 2. The second-order valence-electron chi connectivity index (χ2n) is 9.83. The number of amides is 1. The van der Waals surface area contributed by atoms with Gasteiger partial charge in [0.2, 0.25) is 0 Å². The maximum Gasteiger partial charge on any atom is 0.300 e. The van der Waals surface area contributed by atoms with Gasteiger partial charge in [0.1, 0.15) is 18.5 Å². The summed E-state index contributed by atoms with van der Waals surface area (Å²) in [6.07, 6.45) is 8.93. The molecule has 4 heterocycles. The van der Waals surface area contributed by atoms with Crippen LogP contribution in [-0.4, -0.2) is 50.0 Å². The molecule has 0 spiro atoms. The minimum Gasteiger partial charge on any atom is -0.353 e. The average molecular weight is 582 g/mol. The summed E-state index contributed by atoms with van der Waals surface area (Å²) in [5.41, 5.74) is 4.95. The average Bonchev–Trinajstić information content (AvgIpc) is 3.47. The molecule has 10 nitrogen and oxygen atoms in total. The van der Waals surface area contributed by atoms with Crippen LogP contribution < -0.4 is 10.6 Å². The van der Waals surface area contributed by atoms with Crippen molar-refractivity contribution in [1.29, 1.82) is 0 Å². The fourth-order valence-corrected chi connectivity index (χ4v) is 4.96. The fourth-order valence-electron chi connectivity index (χ4n) is 4.72. The second-order valence-corrected chi connectivity index (χ2v) is 10.2. The first kappa shape index (κ1) is 27.6. The molecule has 1 fully saturated rings. The van der Waals surface area contributed by atoms with Crippen LogP contribution in [0.1, 0.15) is 36.8 Å². The first-order valence-corrected chi connectivity index (χ1v) is 14.1. The Morgan fingerprint density at radius 1 is 1.07 bits per heavy atom. The summed E-state index contributed by atoms with van der Waals surface area (Å²) in [6, 6.07) is 15.2. The molecule has 1 saturated heterocycles. The highest BCUT2D eigenvalue weighted by molar-refractivity contribution is 6.31. The van der Waals surface area contributed by atoms with Gasteiger partial charge in [0.05, 0.1) is 12.1 Å². The minimum atomic E-state index is -0.403. The van der Waals surface area contributed by atoms with E-state index in [0.717, 1.165) is 59.2 Å². The number of rotatable bonds is 8. The molecule has 5 aromatic rings. The van der Waals surface area contributed by atoms with Gasteiger partial charge in [0.25, 0.3) is 5.91 Å². The monoisotopic (exact) mass is 581 g/mol. The summed E-state index contributed by atoms with van der Waals surface area (Å²) >= 11 is 6.66. The Balaban J connectivity index is 1.10. The molecular formula is C31H28ClN7O3. The van der Waals surface area contributed by atoms with Gasteiger partial charge < -0.3 is 20.1 Å². The number of benzene rings is 2. The molecule has 1 unspecified atom stereocenters. The summed E-state index contributed by atoms with van der Waals surface area (Å²) in [5, 5.41) is 11.7. The van der Waals surface area contributed by atoms with Gasteiger partial charge >= 0.3 is 0 Å². The van der Waals surface area contributed by atoms with Gasteiger partial charge in [-0.25, -0.2) is 19.5 Å². The van der Waals surface area contributed by atoms with Crippen LogP contribution in [-0.2, 0) is 20.7 Å². The molecule has 0 bridgehead atoms. The lowest BCUT2D eigenvalue weighted by molar-refractivity contribution is -0.161. The van der Waals surface area contributed by atoms with E-state index in [1.807, 2.05) is 48.7 Å². The summed E-state index contributed by atoms with van der Waals surface area (Å²) in [5.74, 6) is 5.66. The first-order chi connectivity index (χ1) is 20.6. The van der Waals surface area contributed by atoms with Crippen molar-refractivity contribution in [3.05, 3.63) is 83.5 Å². The van der Waals surface area contributed by atoms with Crippen LogP contribution in [0.3, 0.4) is 0 Å². The van der Waals surface area contributed by atoms with E-state index in [4.69, 9.17) is 21.1 Å². The van der Waals surface area contributed by atoms with Crippen LogP contribution in [0.15, 0.2) is 67.4 Å². The Kier molecular flexibility index (Phi) is 8.51. The molecule has 0 aliphatic carbocycles. The number of nitrogens with one attached hydrogen (secondary N) is 2. The lowest BCUT2D eigenvalue weighted by Crippen LogP contribution is -2.22. The smallest absolute Gasteiger partial charge is 0.300 e. The van der Waals surface area contributed by atoms with E-state index in [-0.39, 0.29) is 6.29 Å². The summed E-state index contributed by atoms with van der Waals surface area (Å²) in [6.45, 7) is 1.16. The number of pyridine rings is 1. The summed E-state index contributed by atoms with van der Waals surface area (Å²) in [4.78, 5) is 25.4. The van der Waals surface area contributed by atoms with E-state index in [1.54, 1.807) is 10.6 Å². The van der Waals surface area contributed by atoms with Crippen molar-refractivity contribution in [3.63, 3.8) is 0 Å². The molecule has 3 aromatic heterocycles. The molecule has 212 valence electrons. The van der Waals surface area contributed by atoms with E-state index in [0.29, 0.717) is 36.0 Å². The Labute approximate surface area is 247 Å². The molecule has 2 aromatic carbocycles. The predicted molar refractivity (Wildman–Crippen MR) is 161 cm³/mol. The van der Waals surface area contributed by atoms with Crippen LogP contribution in [0, 0.1) is 11.8 Å². The fraction of sp³-hybridized carbons (Fsp3) is 0.258. The predicted octanol–water partition coefficient (Wildman–Crippen LogP) is 5.54. The van der Waals surface area contributed by atoms with Crippen molar-refractivity contribution in [2.45, 2.75) is 38.4 Å². The Morgan fingerprint density at radius 3 is 2.88 bits per heavy atom. The zero-order valence-corrected chi connectivity index (χ0v) is 23.5. The molecule has 42 heavy (non-hydrogen) atoms. The van der Waals surface area contributed by atoms with Crippen LogP contribution in [0.25, 0.3) is 16.6 Å². The topological polar surface area (TPSA) is 116 Å². The van der Waals surface area contributed by atoms with Gasteiger partial charge in [-0.3, -0.25) is 4.79 Å². The van der Waals surface area contributed by atoms with Gasteiger partial charge in [-0.1, -0.05) is 23.6 Å². The van der Waals surface area contributed by atoms with E-state index < -0.39 is 5.91 Å². The second kappa shape index (κ2) is 13.0. The van der Waals surface area contributed by atoms with Gasteiger partial charge in [-0.05, 0) is 85.2 Å². The van der Waals surface area contributed by atoms with Crippen molar-refractivity contribution in [2.75, 3.05) is 23.8 Å². The molecule has 0 saturated carbocycles. The maximum atomic E-state index is 12.4. The summed E-state index contributed by atoms with van der Waals surface area (Å²) in [7, 11) is 0. The SMILES string of the molecule is O=C(C#CCCOC1CCCCO1)Nc1ccc2ncnc(Nc3ccc(Cc4ccn5ncnc5c4)c(Cl)c3)c2c1. The van der Waals surface area contributed by atoms with Gasteiger partial charge in [-0.2, -0.15) is 5.10 Å². The largest absolute Gasteiger partial charge is 0.353 e. The highest BCUT2D eigenvalue weighted by Crippen LogP contribution is 2.29. The molecular weight excluding hydrogens is 554 g/mol. The number of anilines is 3. The summed E-state index contributed by atoms with van der Waals surface area (Å²) < 4.78 is 12.9. The Bertz CT molecular complexity index is 1790. The lowest BCUT2D eigenvalue weighted by atomic mass is 10.1. The molecule has 2 N–H and O–H groups in total.